The van der Waals surface area contributed by atoms with Crippen molar-refractivity contribution < 1.29 is 0 Å². The molecule has 3 heteroatoms. The van der Waals surface area contributed by atoms with E-state index in [2.05, 4.69) is 51.9 Å². The Labute approximate surface area is 131 Å². The second-order valence-electron chi connectivity index (χ2n) is 4.46. The molecular weight excluding hydrogens is 270 g/mol. The first kappa shape index (κ1) is 16.0. The number of fused-ring (bicyclic) bond motifs is 5. The van der Waals surface area contributed by atoms with Crippen LogP contribution in [0.5, 0.6) is 0 Å². The molecule has 0 spiro atoms. The molecule has 4 rings (SSSR count). The van der Waals surface area contributed by atoms with E-state index in [9.17, 15) is 0 Å². The van der Waals surface area contributed by atoms with Crippen LogP contribution in [0, 0.1) is 0 Å². The van der Waals surface area contributed by atoms with Crippen LogP contribution in [0.25, 0.3) is 32.8 Å². The van der Waals surface area contributed by atoms with Crippen molar-refractivity contribution in [2.75, 3.05) is 0 Å². The molecule has 0 aliphatic carbocycles. The average molecular weight is 293 g/mol. The fraction of sp³-hybridized carbons (Fsp3) is 0.263. The van der Waals surface area contributed by atoms with Gasteiger partial charge in [-0.25, -0.2) is 0 Å². The van der Waals surface area contributed by atoms with E-state index >= 15 is 0 Å². The molecule has 22 heavy (non-hydrogen) atoms. The van der Waals surface area contributed by atoms with Gasteiger partial charge in [-0.3, -0.25) is 9.97 Å². The van der Waals surface area contributed by atoms with Crippen LogP contribution in [0.3, 0.4) is 0 Å². The predicted molar refractivity (Wildman–Crippen MR) is 96.2 cm³/mol. The molecule has 0 amide bonds. The van der Waals surface area contributed by atoms with Crippen molar-refractivity contribution in [3.63, 3.8) is 0 Å². The third-order valence-electron chi connectivity index (χ3n) is 3.51. The van der Waals surface area contributed by atoms with Crippen LogP contribution in [0.2, 0.25) is 0 Å². The monoisotopic (exact) mass is 293 g/mol. The Morgan fingerprint density at radius 3 is 2.23 bits per heavy atom. The van der Waals surface area contributed by atoms with Gasteiger partial charge in [-0.2, -0.15) is 0 Å². The Morgan fingerprint density at radius 1 is 0.773 bits per heavy atom. The summed E-state index contributed by atoms with van der Waals surface area (Å²) >= 11 is 0. The maximum Gasteiger partial charge on any atom is 0.0986 e. The number of para-hydroxylation sites is 1. The largest absolute Gasteiger partial charge is 0.344 e. The SMILES string of the molecule is CC.CC.Cn1c2ccccc2c2c3nccnc3ccc21. The van der Waals surface area contributed by atoms with Crippen molar-refractivity contribution in [1.82, 2.24) is 14.5 Å². The lowest BCUT2D eigenvalue weighted by Gasteiger charge is -1.99. The van der Waals surface area contributed by atoms with Gasteiger partial charge in [0.2, 0.25) is 0 Å². The quantitative estimate of drug-likeness (QED) is 0.439. The number of hydrogen-bond donors (Lipinski definition) is 0. The number of nitrogens with zero attached hydrogens (tertiary/aromatic N) is 3. The summed E-state index contributed by atoms with van der Waals surface area (Å²) in [5.41, 5.74) is 4.35. The highest BCUT2D eigenvalue weighted by Gasteiger charge is 2.11. The van der Waals surface area contributed by atoms with Crippen LogP contribution in [0.4, 0.5) is 0 Å². The van der Waals surface area contributed by atoms with E-state index in [1.807, 2.05) is 33.8 Å². The number of benzene rings is 2. The van der Waals surface area contributed by atoms with E-state index in [-0.39, 0.29) is 0 Å². The number of aryl methyl sites for hydroxylation is 1. The van der Waals surface area contributed by atoms with Crippen LogP contribution < -0.4 is 0 Å². The minimum atomic E-state index is 0.946. The summed E-state index contributed by atoms with van der Waals surface area (Å²) in [5.74, 6) is 0. The lowest BCUT2D eigenvalue weighted by Crippen LogP contribution is -1.87. The van der Waals surface area contributed by atoms with E-state index in [0.29, 0.717) is 0 Å². The minimum absolute atomic E-state index is 0.946. The van der Waals surface area contributed by atoms with E-state index in [1.54, 1.807) is 12.4 Å². The van der Waals surface area contributed by atoms with Crippen molar-refractivity contribution in [2.24, 2.45) is 7.05 Å². The molecule has 2 heterocycles. The predicted octanol–water partition coefficient (Wildman–Crippen LogP) is 5.33. The maximum absolute atomic E-state index is 4.50. The lowest BCUT2D eigenvalue weighted by molar-refractivity contribution is 1.01. The van der Waals surface area contributed by atoms with Crippen LogP contribution in [-0.2, 0) is 7.05 Å². The Bertz CT molecular complexity index is 891. The molecule has 0 aliphatic rings. The van der Waals surface area contributed by atoms with Gasteiger partial charge in [0.05, 0.1) is 16.6 Å². The van der Waals surface area contributed by atoms with E-state index < -0.39 is 0 Å². The first-order chi connectivity index (χ1) is 10.9. The van der Waals surface area contributed by atoms with Crippen molar-refractivity contribution in [2.45, 2.75) is 27.7 Å². The highest BCUT2D eigenvalue weighted by Crippen LogP contribution is 2.31. The first-order valence-electron chi connectivity index (χ1n) is 7.93. The molecule has 0 saturated carbocycles. The number of hydrogen-bond acceptors (Lipinski definition) is 2. The van der Waals surface area contributed by atoms with E-state index in [4.69, 9.17) is 0 Å². The average Bonchev–Trinajstić information content (AvgIpc) is 2.92. The molecule has 0 atom stereocenters. The van der Waals surface area contributed by atoms with Crippen LogP contribution >= 0.6 is 0 Å². The molecule has 0 fully saturated rings. The molecule has 0 bridgehead atoms. The summed E-state index contributed by atoms with van der Waals surface area (Å²) in [5, 5.41) is 2.43. The molecule has 4 aromatic rings. The van der Waals surface area contributed by atoms with Crippen molar-refractivity contribution in [3.8, 4) is 0 Å². The second kappa shape index (κ2) is 7.03. The van der Waals surface area contributed by atoms with Gasteiger partial charge in [-0.05, 0) is 18.2 Å². The van der Waals surface area contributed by atoms with Gasteiger partial charge in [-0.15, -0.1) is 0 Å². The highest BCUT2D eigenvalue weighted by molar-refractivity contribution is 6.18. The van der Waals surface area contributed by atoms with Gasteiger partial charge in [0.25, 0.3) is 0 Å². The highest BCUT2D eigenvalue weighted by atomic mass is 14.9. The molecular formula is C19H23N3. The molecule has 0 unspecified atom stereocenters. The Hall–Kier alpha value is -2.42. The first-order valence-corrected chi connectivity index (χ1v) is 7.93. The summed E-state index contributed by atoms with van der Waals surface area (Å²) in [6.07, 6.45) is 3.49. The van der Waals surface area contributed by atoms with Crippen LogP contribution in [0.1, 0.15) is 27.7 Å². The Balaban J connectivity index is 0.000000410. The third kappa shape index (κ3) is 2.43. The van der Waals surface area contributed by atoms with Crippen LogP contribution in [0.15, 0.2) is 48.8 Å². The molecule has 114 valence electrons. The van der Waals surface area contributed by atoms with Gasteiger partial charge < -0.3 is 4.57 Å². The normalized spacial score (nSPS) is 10.0. The zero-order valence-corrected chi connectivity index (χ0v) is 14.0. The van der Waals surface area contributed by atoms with Gasteiger partial charge in [0.1, 0.15) is 0 Å². The topological polar surface area (TPSA) is 30.7 Å². The molecule has 0 N–H and O–H groups in total. The standard InChI is InChI=1S/C15H11N3.2C2H6/c1-18-12-5-3-2-4-10(12)14-13(18)7-6-11-15(14)17-9-8-16-11;2*1-2/h2-9H,1H3;2*1-2H3. The Morgan fingerprint density at radius 2 is 1.45 bits per heavy atom. The molecule has 0 radical (unpaired) electrons. The van der Waals surface area contributed by atoms with Gasteiger partial charge in [0, 0.05) is 35.7 Å². The van der Waals surface area contributed by atoms with Crippen molar-refractivity contribution in [3.05, 3.63) is 48.8 Å². The number of rotatable bonds is 0. The molecule has 0 saturated heterocycles. The smallest absolute Gasteiger partial charge is 0.0986 e. The number of aromatic nitrogens is 3. The van der Waals surface area contributed by atoms with E-state index in [0.717, 1.165) is 11.0 Å². The van der Waals surface area contributed by atoms with Gasteiger partial charge in [-0.1, -0.05) is 45.9 Å². The fourth-order valence-electron chi connectivity index (χ4n) is 2.68. The van der Waals surface area contributed by atoms with Gasteiger partial charge >= 0.3 is 0 Å². The zero-order valence-electron chi connectivity index (χ0n) is 14.0. The third-order valence-corrected chi connectivity index (χ3v) is 3.51. The lowest BCUT2D eigenvalue weighted by atomic mass is 10.1. The van der Waals surface area contributed by atoms with Crippen molar-refractivity contribution in [1.29, 1.82) is 0 Å². The molecule has 0 aliphatic heterocycles. The summed E-state index contributed by atoms with van der Waals surface area (Å²) in [6, 6.07) is 12.6. The van der Waals surface area contributed by atoms with Crippen molar-refractivity contribution >= 4 is 32.8 Å². The Kier molecular flexibility index (Phi) is 5.10. The summed E-state index contributed by atoms with van der Waals surface area (Å²) in [6.45, 7) is 8.00. The van der Waals surface area contributed by atoms with E-state index in [1.165, 1.54) is 21.8 Å². The zero-order chi connectivity index (χ0) is 16.1. The molecule has 3 nitrogen and oxygen atoms in total. The van der Waals surface area contributed by atoms with Crippen LogP contribution in [-0.4, -0.2) is 14.5 Å². The summed E-state index contributed by atoms with van der Waals surface area (Å²) in [4.78, 5) is 8.87. The fourth-order valence-corrected chi connectivity index (χ4v) is 2.68. The minimum Gasteiger partial charge on any atom is -0.344 e. The van der Waals surface area contributed by atoms with Gasteiger partial charge in [0.15, 0.2) is 0 Å². The molecule has 2 aromatic heterocycles. The molecule has 2 aromatic carbocycles. The maximum atomic E-state index is 4.50. The summed E-state index contributed by atoms with van der Waals surface area (Å²) in [7, 11) is 2.09. The second-order valence-corrected chi connectivity index (χ2v) is 4.46. The summed E-state index contributed by atoms with van der Waals surface area (Å²) < 4.78 is 2.21.